The number of carbonyl (C=O) groups is 3. The molecule has 226 valence electrons. The van der Waals surface area contributed by atoms with E-state index >= 15 is 0 Å². The van der Waals surface area contributed by atoms with E-state index in [1.165, 1.54) is 45.6 Å². The van der Waals surface area contributed by atoms with Crippen molar-refractivity contribution in [1.29, 1.82) is 0 Å². The quantitative estimate of drug-likeness (QED) is 0.120. The maximum absolute atomic E-state index is 12.3. The first kappa shape index (κ1) is 31.6. The zero-order valence-corrected chi connectivity index (χ0v) is 27.5. The molecule has 10 atom stereocenters. The van der Waals surface area contributed by atoms with Crippen LogP contribution in [0.1, 0.15) is 113 Å². The summed E-state index contributed by atoms with van der Waals surface area (Å²) in [7, 11) is 0. The monoisotopic (exact) mass is 622 g/mol. The van der Waals surface area contributed by atoms with Gasteiger partial charge in [0.25, 0.3) is 0 Å². The van der Waals surface area contributed by atoms with Gasteiger partial charge in [0.1, 0.15) is 17.8 Å². The van der Waals surface area contributed by atoms with Crippen LogP contribution in [-0.2, 0) is 28.6 Å². The molecule has 0 heterocycles. The molecule has 3 fully saturated rings. The molecule has 40 heavy (non-hydrogen) atoms. The lowest BCUT2D eigenvalue weighted by molar-refractivity contribution is -0.172. The van der Waals surface area contributed by atoms with Crippen molar-refractivity contribution in [3.63, 3.8) is 0 Å². The predicted molar refractivity (Wildman–Crippen MR) is 159 cm³/mol. The number of rotatable bonds is 8. The molecule has 4 rings (SSSR count). The summed E-state index contributed by atoms with van der Waals surface area (Å²) >= 11 is 4.13. The summed E-state index contributed by atoms with van der Waals surface area (Å²) in [6, 6.07) is 0. The van der Waals surface area contributed by atoms with Gasteiger partial charge in [-0.15, -0.1) is 0 Å². The smallest absolute Gasteiger partial charge is 0.303 e. The van der Waals surface area contributed by atoms with Crippen LogP contribution in [0.25, 0.3) is 0 Å². The second-order valence-corrected chi connectivity index (χ2v) is 15.5. The zero-order chi connectivity index (χ0) is 29.6. The first-order chi connectivity index (χ1) is 18.6. The van der Waals surface area contributed by atoms with E-state index < -0.39 is 5.60 Å². The van der Waals surface area contributed by atoms with Gasteiger partial charge in [0.15, 0.2) is 0 Å². The van der Waals surface area contributed by atoms with Crippen LogP contribution in [-0.4, -0.2) is 40.5 Å². The lowest BCUT2D eigenvalue weighted by atomic mass is 9.46. The van der Waals surface area contributed by atoms with Crippen LogP contribution >= 0.6 is 15.9 Å². The van der Waals surface area contributed by atoms with Crippen molar-refractivity contribution < 1.29 is 28.6 Å². The van der Waals surface area contributed by atoms with Crippen molar-refractivity contribution in [3.8, 4) is 0 Å². The Morgan fingerprint density at radius 1 is 1.02 bits per heavy atom. The van der Waals surface area contributed by atoms with Crippen molar-refractivity contribution in [3.05, 3.63) is 11.6 Å². The summed E-state index contributed by atoms with van der Waals surface area (Å²) < 4.78 is 17.2. The number of ether oxygens (including phenoxy) is 3. The Morgan fingerprint density at radius 2 is 1.70 bits per heavy atom. The van der Waals surface area contributed by atoms with Gasteiger partial charge in [-0.25, -0.2) is 0 Å². The Labute approximate surface area is 249 Å². The van der Waals surface area contributed by atoms with Crippen LogP contribution in [0, 0.1) is 40.4 Å². The molecule has 0 amide bonds. The highest BCUT2D eigenvalue weighted by molar-refractivity contribution is 9.09. The summed E-state index contributed by atoms with van der Waals surface area (Å²) in [6.45, 7) is 15.7. The first-order valence-electron chi connectivity index (χ1n) is 15.5. The van der Waals surface area contributed by atoms with Crippen LogP contribution in [0.15, 0.2) is 11.6 Å². The van der Waals surface area contributed by atoms with Crippen LogP contribution < -0.4 is 0 Å². The van der Waals surface area contributed by atoms with Gasteiger partial charge in [-0.05, 0) is 87.4 Å². The standard InChI is InChI=1S/C33H51BrO6/c1-19(10-9-14-31(5,6)40-22(4)37)25-11-12-26-30-27(13-15-32(25,26)7)33(8)23(17-28(30)34)16-24(38-20(2)35)18-29(33)39-21(3)36/h17,19,24-30H,9-16,18H2,1-8H3/t19-,24?,25-,26+,27+,28?,29+,30+,32-,33+/m1/s1. The maximum Gasteiger partial charge on any atom is 0.303 e. The van der Waals surface area contributed by atoms with Gasteiger partial charge < -0.3 is 14.2 Å². The van der Waals surface area contributed by atoms with Crippen molar-refractivity contribution in [2.45, 2.75) is 136 Å². The largest absolute Gasteiger partial charge is 0.462 e. The Balaban J connectivity index is 1.53. The predicted octanol–water partition coefficient (Wildman–Crippen LogP) is 7.56. The van der Waals surface area contributed by atoms with E-state index in [2.05, 4.69) is 42.8 Å². The van der Waals surface area contributed by atoms with E-state index in [1.807, 2.05) is 13.8 Å². The molecule has 0 spiro atoms. The number of alkyl halides is 1. The van der Waals surface area contributed by atoms with Crippen molar-refractivity contribution in [1.82, 2.24) is 0 Å². The van der Waals surface area contributed by atoms with Gasteiger partial charge in [0, 0.05) is 43.9 Å². The molecule has 0 aromatic carbocycles. The molecule has 6 nitrogen and oxygen atoms in total. The summed E-state index contributed by atoms with van der Waals surface area (Å²) in [5, 5.41) is 0. The number of hydrogen-bond acceptors (Lipinski definition) is 6. The fourth-order valence-corrected chi connectivity index (χ4v) is 10.8. The highest BCUT2D eigenvalue weighted by atomic mass is 79.9. The van der Waals surface area contributed by atoms with Crippen molar-refractivity contribution in [2.24, 2.45) is 40.4 Å². The first-order valence-corrected chi connectivity index (χ1v) is 16.4. The third-order valence-corrected chi connectivity index (χ3v) is 12.3. The minimum atomic E-state index is -0.413. The fraction of sp³-hybridized carbons (Fsp3) is 0.848. The molecule has 7 heteroatoms. The Hall–Kier alpha value is -1.37. The normalized spacial score (nSPS) is 39.6. The SMILES string of the molecule is CC(=O)OC1CC2=CC(Br)[C@H]3[C@@H]4CC[C@H]([C@H](C)CCCC(C)(C)OC(C)=O)[C@@]4(C)CC[C@@H]3[C@@]2(C)[C@@H](OC(C)=O)C1. The highest BCUT2D eigenvalue weighted by Gasteiger charge is 2.63. The molecule has 3 saturated carbocycles. The average molecular weight is 624 g/mol. The lowest BCUT2D eigenvalue weighted by Crippen LogP contribution is -2.59. The number of allylic oxidation sites excluding steroid dienone is 1. The molecule has 0 radical (unpaired) electrons. The summed E-state index contributed by atoms with van der Waals surface area (Å²) in [5.74, 6) is 2.04. The minimum Gasteiger partial charge on any atom is -0.462 e. The van der Waals surface area contributed by atoms with Gasteiger partial charge in [-0.2, -0.15) is 0 Å². The van der Waals surface area contributed by atoms with Gasteiger partial charge >= 0.3 is 17.9 Å². The molecule has 0 aromatic heterocycles. The molecule has 4 aliphatic carbocycles. The minimum absolute atomic E-state index is 0.209. The van der Waals surface area contributed by atoms with Crippen LogP contribution in [0.2, 0.25) is 0 Å². The maximum atomic E-state index is 12.3. The molecule has 0 bridgehead atoms. The topological polar surface area (TPSA) is 78.9 Å². The van der Waals surface area contributed by atoms with E-state index in [-0.39, 0.29) is 45.8 Å². The molecule has 2 unspecified atom stereocenters. The number of halogens is 1. The molecule has 0 aromatic rings. The summed E-state index contributed by atoms with van der Waals surface area (Å²) in [4.78, 5) is 35.8. The van der Waals surface area contributed by atoms with Crippen LogP contribution in [0.3, 0.4) is 0 Å². The molecular weight excluding hydrogens is 572 g/mol. The second kappa shape index (κ2) is 11.7. The molecule has 0 aliphatic heterocycles. The van der Waals surface area contributed by atoms with E-state index in [9.17, 15) is 14.4 Å². The van der Waals surface area contributed by atoms with Crippen LogP contribution in [0.4, 0.5) is 0 Å². The fourth-order valence-electron chi connectivity index (χ4n) is 9.77. The lowest BCUT2D eigenvalue weighted by Gasteiger charge is -2.61. The molecule has 0 N–H and O–H groups in total. The van der Waals surface area contributed by atoms with Gasteiger partial charge in [0.05, 0.1) is 0 Å². The number of fused-ring (bicyclic) bond motifs is 5. The summed E-state index contributed by atoms with van der Waals surface area (Å²) in [6.07, 6.45) is 11.0. The third-order valence-electron chi connectivity index (χ3n) is 11.4. The Morgan fingerprint density at radius 3 is 2.33 bits per heavy atom. The Kier molecular flexibility index (Phi) is 9.25. The van der Waals surface area contributed by atoms with Gasteiger partial charge in [-0.3, -0.25) is 14.4 Å². The second-order valence-electron chi connectivity index (χ2n) is 14.4. The van der Waals surface area contributed by atoms with Gasteiger partial charge in [0.2, 0.25) is 0 Å². The molecule has 0 saturated heterocycles. The van der Waals surface area contributed by atoms with Crippen molar-refractivity contribution in [2.75, 3.05) is 0 Å². The van der Waals surface area contributed by atoms with E-state index in [0.29, 0.717) is 42.4 Å². The van der Waals surface area contributed by atoms with Crippen molar-refractivity contribution >= 4 is 33.8 Å². The molecular formula is C33H51BrO6. The molecule has 4 aliphatic rings. The third kappa shape index (κ3) is 6.06. The zero-order valence-electron chi connectivity index (χ0n) is 25.9. The van der Waals surface area contributed by atoms with Gasteiger partial charge in [-0.1, -0.05) is 54.8 Å². The van der Waals surface area contributed by atoms with E-state index in [1.54, 1.807) is 0 Å². The number of hydrogen-bond donors (Lipinski definition) is 0. The van der Waals surface area contributed by atoms with E-state index in [4.69, 9.17) is 14.2 Å². The number of carbonyl (C=O) groups excluding carboxylic acids is 3. The Bertz CT molecular complexity index is 1020. The van der Waals surface area contributed by atoms with Crippen LogP contribution in [0.5, 0.6) is 0 Å². The number of esters is 3. The van der Waals surface area contributed by atoms with E-state index in [0.717, 1.165) is 25.7 Å². The average Bonchev–Trinajstić information content (AvgIpc) is 3.16. The highest BCUT2D eigenvalue weighted by Crippen LogP contribution is 2.68. The summed E-state index contributed by atoms with van der Waals surface area (Å²) in [5.41, 5.74) is 0.904.